The Morgan fingerprint density at radius 3 is 1.09 bits per heavy atom. The topological polar surface area (TPSA) is 151 Å². The number of carboxylic acid groups (broad SMARTS) is 2. The third kappa shape index (κ3) is 10.6. The van der Waals surface area contributed by atoms with Crippen LogP contribution in [0, 0.1) is 0 Å². The van der Waals surface area contributed by atoms with Gasteiger partial charge < -0.3 is 21.9 Å². The first-order valence-corrected chi connectivity index (χ1v) is 7.48. The zero-order chi connectivity index (χ0) is 16.8. The van der Waals surface area contributed by atoms with E-state index in [0.717, 1.165) is 25.7 Å². The summed E-state index contributed by atoms with van der Waals surface area (Å²) in [6.45, 7) is 0. The molecule has 2 saturated carbocycles. The smallest absolute Gasteiger partial charge is 0.414 e. The van der Waals surface area contributed by atoms with Crippen LogP contribution in [0.15, 0.2) is 10.2 Å². The van der Waals surface area contributed by atoms with Crippen LogP contribution in [0.25, 0.3) is 0 Å². The number of nitrogens with two attached hydrogens (primary N) is 2. The summed E-state index contributed by atoms with van der Waals surface area (Å²) in [7, 11) is 0. The molecule has 0 aromatic carbocycles. The molecule has 0 aliphatic heterocycles. The van der Waals surface area contributed by atoms with E-state index in [4.69, 9.17) is 31.5 Å². The molecule has 2 aliphatic rings. The van der Waals surface area contributed by atoms with Crippen LogP contribution in [0.2, 0.25) is 0 Å². The monoisotopic (exact) mass is 314 g/mol. The van der Waals surface area contributed by atoms with Crippen LogP contribution in [0.1, 0.15) is 64.2 Å². The molecule has 6 N–H and O–H groups in total. The Bertz CT molecular complexity index is 354. The van der Waals surface area contributed by atoms with E-state index in [-0.39, 0.29) is 0 Å². The summed E-state index contributed by atoms with van der Waals surface area (Å²) in [5.74, 6) is 6.53. The summed E-state index contributed by atoms with van der Waals surface area (Å²) in [6, 6.07) is 0. The molecule has 0 spiro atoms. The maximum absolute atomic E-state index is 9.10. The Balaban J connectivity index is 0.000000306. The van der Waals surface area contributed by atoms with E-state index < -0.39 is 11.9 Å². The highest BCUT2D eigenvalue weighted by molar-refractivity contribution is 6.27. The molecule has 0 amide bonds. The summed E-state index contributed by atoms with van der Waals surface area (Å²) >= 11 is 0. The van der Waals surface area contributed by atoms with Crippen molar-refractivity contribution in [3.8, 4) is 0 Å². The van der Waals surface area contributed by atoms with E-state index in [2.05, 4.69) is 10.2 Å². The van der Waals surface area contributed by atoms with Crippen LogP contribution in [0.3, 0.4) is 0 Å². The average molecular weight is 314 g/mol. The normalized spacial score (nSPS) is 17.1. The molecule has 0 aromatic heterocycles. The minimum atomic E-state index is -1.82. The van der Waals surface area contributed by atoms with Crippen molar-refractivity contribution in [3.05, 3.63) is 0 Å². The van der Waals surface area contributed by atoms with E-state index in [0.29, 0.717) is 0 Å². The third-order valence-electron chi connectivity index (χ3n) is 3.41. The molecule has 22 heavy (non-hydrogen) atoms. The maximum atomic E-state index is 9.10. The molecule has 8 heteroatoms. The quantitative estimate of drug-likeness (QED) is 0.303. The van der Waals surface area contributed by atoms with E-state index in [1.807, 2.05) is 0 Å². The van der Waals surface area contributed by atoms with Crippen LogP contribution >= 0.6 is 0 Å². The SMILES string of the molecule is NN=C1CCCCC1.NN=C1CCCCC1.O=C(O)C(=O)O. The molecule has 0 unspecified atom stereocenters. The first-order chi connectivity index (χ1) is 10.5. The Labute approximate surface area is 130 Å². The summed E-state index contributed by atoms with van der Waals surface area (Å²) in [5.41, 5.74) is 2.41. The summed E-state index contributed by atoms with van der Waals surface area (Å²) in [5, 5.41) is 22.1. The van der Waals surface area contributed by atoms with Gasteiger partial charge in [0.2, 0.25) is 0 Å². The predicted octanol–water partition coefficient (Wildman–Crippen LogP) is 1.69. The fourth-order valence-corrected chi connectivity index (χ4v) is 2.18. The van der Waals surface area contributed by atoms with Crippen molar-refractivity contribution in [2.75, 3.05) is 0 Å². The highest BCUT2D eigenvalue weighted by Gasteiger charge is 2.05. The lowest BCUT2D eigenvalue weighted by molar-refractivity contribution is -0.159. The molecule has 0 heterocycles. The fourth-order valence-electron chi connectivity index (χ4n) is 2.18. The van der Waals surface area contributed by atoms with Gasteiger partial charge in [-0.1, -0.05) is 12.8 Å². The molecule has 0 radical (unpaired) electrons. The van der Waals surface area contributed by atoms with Gasteiger partial charge in [-0.3, -0.25) is 0 Å². The third-order valence-corrected chi connectivity index (χ3v) is 3.41. The summed E-state index contributed by atoms with van der Waals surface area (Å²) < 4.78 is 0. The van der Waals surface area contributed by atoms with Gasteiger partial charge in [-0.25, -0.2) is 9.59 Å². The van der Waals surface area contributed by atoms with Gasteiger partial charge in [0, 0.05) is 11.4 Å². The first-order valence-electron chi connectivity index (χ1n) is 7.48. The summed E-state index contributed by atoms with van der Waals surface area (Å²) in [4.78, 5) is 18.2. The van der Waals surface area contributed by atoms with E-state index in [1.165, 1.54) is 49.9 Å². The Morgan fingerprint density at radius 1 is 0.682 bits per heavy atom. The average Bonchev–Trinajstić information content (AvgIpc) is 2.57. The number of hydrogen-bond acceptors (Lipinski definition) is 6. The van der Waals surface area contributed by atoms with Crippen LogP contribution < -0.4 is 11.7 Å². The lowest BCUT2D eigenvalue weighted by Gasteiger charge is -2.09. The zero-order valence-electron chi connectivity index (χ0n) is 12.8. The molecule has 0 saturated heterocycles. The van der Waals surface area contributed by atoms with E-state index in [9.17, 15) is 0 Å². The van der Waals surface area contributed by atoms with Crippen molar-refractivity contribution in [1.29, 1.82) is 0 Å². The summed E-state index contributed by atoms with van der Waals surface area (Å²) in [6.07, 6.45) is 12.4. The largest absolute Gasteiger partial charge is 0.473 e. The number of nitrogens with zero attached hydrogens (tertiary/aromatic N) is 2. The lowest BCUT2D eigenvalue weighted by atomic mass is 9.99. The van der Waals surface area contributed by atoms with Gasteiger partial charge in [-0.05, 0) is 51.4 Å². The van der Waals surface area contributed by atoms with Gasteiger partial charge >= 0.3 is 11.9 Å². The van der Waals surface area contributed by atoms with Gasteiger partial charge in [-0.15, -0.1) is 0 Å². The van der Waals surface area contributed by atoms with E-state index in [1.54, 1.807) is 0 Å². The second kappa shape index (κ2) is 12.6. The second-order valence-corrected chi connectivity index (χ2v) is 5.12. The van der Waals surface area contributed by atoms with Crippen molar-refractivity contribution in [1.82, 2.24) is 0 Å². The standard InChI is InChI=1S/2C6H12N2.C2H2O4/c2*7-8-6-4-2-1-3-5-6;3-1(4)2(5)6/h2*1-5,7H2;(H,3,4)(H,5,6). The molecule has 2 rings (SSSR count). The van der Waals surface area contributed by atoms with E-state index >= 15 is 0 Å². The number of aliphatic carboxylic acids is 2. The van der Waals surface area contributed by atoms with Crippen LogP contribution in [-0.2, 0) is 9.59 Å². The highest BCUT2D eigenvalue weighted by atomic mass is 16.4. The number of rotatable bonds is 0. The molecule has 126 valence electrons. The molecular weight excluding hydrogens is 288 g/mol. The maximum Gasteiger partial charge on any atom is 0.414 e. The molecular formula is C14H26N4O4. The molecule has 0 bridgehead atoms. The Morgan fingerprint density at radius 2 is 0.955 bits per heavy atom. The van der Waals surface area contributed by atoms with Crippen molar-refractivity contribution < 1.29 is 19.8 Å². The van der Waals surface area contributed by atoms with Gasteiger partial charge in [0.25, 0.3) is 0 Å². The number of carboxylic acids is 2. The van der Waals surface area contributed by atoms with Gasteiger partial charge in [-0.2, -0.15) is 10.2 Å². The number of carbonyl (C=O) groups is 2. The molecule has 0 aromatic rings. The van der Waals surface area contributed by atoms with Crippen molar-refractivity contribution in [2.24, 2.45) is 21.9 Å². The first kappa shape index (κ1) is 19.9. The second-order valence-electron chi connectivity index (χ2n) is 5.12. The minimum Gasteiger partial charge on any atom is -0.473 e. The van der Waals surface area contributed by atoms with Crippen LogP contribution in [-0.4, -0.2) is 33.6 Å². The number of hydrazone groups is 2. The van der Waals surface area contributed by atoms with Gasteiger partial charge in [0.1, 0.15) is 0 Å². The molecule has 2 aliphatic carbocycles. The zero-order valence-corrected chi connectivity index (χ0v) is 12.8. The van der Waals surface area contributed by atoms with Gasteiger partial charge in [0.15, 0.2) is 0 Å². The molecule has 2 fully saturated rings. The van der Waals surface area contributed by atoms with Crippen LogP contribution in [0.5, 0.6) is 0 Å². The van der Waals surface area contributed by atoms with Crippen molar-refractivity contribution >= 4 is 23.4 Å². The number of hydrogen-bond donors (Lipinski definition) is 4. The Hall–Kier alpha value is -2.12. The highest BCUT2D eigenvalue weighted by Crippen LogP contribution is 2.14. The predicted molar refractivity (Wildman–Crippen MR) is 84.7 cm³/mol. The van der Waals surface area contributed by atoms with Gasteiger partial charge in [0.05, 0.1) is 0 Å². The minimum absolute atomic E-state index is 1.14. The van der Waals surface area contributed by atoms with Crippen molar-refractivity contribution in [2.45, 2.75) is 64.2 Å². The Kier molecular flexibility index (Phi) is 11.4. The van der Waals surface area contributed by atoms with Crippen LogP contribution in [0.4, 0.5) is 0 Å². The molecule has 8 nitrogen and oxygen atoms in total. The lowest BCUT2D eigenvalue weighted by Crippen LogP contribution is -2.09. The fraction of sp³-hybridized carbons (Fsp3) is 0.714. The molecule has 0 atom stereocenters. The van der Waals surface area contributed by atoms with Crippen molar-refractivity contribution in [3.63, 3.8) is 0 Å².